The van der Waals surface area contributed by atoms with E-state index in [0.717, 1.165) is 25.2 Å². The van der Waals surface area contributed by atoms with E-state index in [0.29, 0.717) is 55.5 Å². The van der Waals surface area contributed by atoms with E-state index in [1.54, 1.807) is 11.0 Å². The molecule has 1 aromatic heterocycles. The number of carbonyl (C=O) groups excluding carboxylic acids is 1. The van der Waals surface area contributed by atoms with Gasteiger partial charge >= 0.3 is 6.09 Å². The number of nitriles is 1. The van der Waals surface area contributed by atoms with Crippen molar-refractivity contribution in [2.24, 2.45) is 0 Å². The van der Waals surface area contributed by atoms with E-state index in [-0.39, 0.29) is 6.09 Å². The molecular formula is C26H32N8O2. The average Bonchev–Trinajstić information content (AvgIpc) is 3.48. The number of ether oxygens (including phenoxy) is 1. The zero-order chi connectivity index (χ0) is 25.1. The Morgan fingerprint density at radius 3 is 2.89 bits per heavy atom. The largest absolute Gasteiger partial charge is 0.418 e. The quantitative estimate of drug-likeness (QED) is 0.514. The number of fused-ring (bicyclic) bond motifs is 2. The molecule has 3 aliphatic rings. The minimum atomic E-state index is -0.342. The number of likely N-dealkylation sites (tertiary alicyclic amines) is 1. The summed E-state index contributed by atoms with van der Waals surface area (Å²) in [5, 5.41) is 16.1. The average molecular weight is 489 g/mol. The number of carbonyl (C=O) groups is 1. The number of aryl methyl sites for hydroxylation is 1. The van der Waals surface area contributed by atoms with Crippen LogP contribution in [0.2, 0.25) is 0 Å². The lowest BCUT2D eigenvalue weighted by Crippen LogP contribution is -2.44. The van der Waals surface area contributed by atoms with E-state index >= 15 is 0 Å². The van der Waals surface area contributed by atoms with E-state index in [4.69, 9.17) is 4.74 Å². The van der Waals surface area contributed by atoms with Crippen molar-refractivity contribution in [1.29, 1.82) is 5.26 Å². The first-order chi connectivity index (χ1) is 17.6. The molecule has 36 heavy (non-hydrogen) atoms. The topological polar surface area (TPSA) is 110 Å². The minimum Gasteiger partial charge on any atom is -0.418 e. The molecule has 0 aliphatic carbocycles. The molecule has 188 valence electrons. The normalized spacial score (nSPS) is 21.0. The highest BCUT2D eigenvalue weighted by Crippen LogP contribution is 2.35. The molecule has 0 saturated carbocycles. The summed E-state index contributed by atoms with van der Waals surface area (Å²) in [6.45, 7) is 6.00. The maximum atomic E-state index is 11.7. The fraction of sp³-hybridized carbons (Fsp3) is 0.462. The van der Waals surface area contributed by atoms with Gasteiger partial charge in [0.05, 0.1) is 12.5 Å². The molecule has 0 unspecified atom stereocenters. The number of piperazine rings is 1. The number of likely N-dealkylation sites (N-methyl/N-ethyl adjacent to an activating group) is 1. The third kappa shape index (κ3) is 4.93. The second-order valence-corrected chi connectivity index (χ2v) is 9.50. The van der Waals surface area contributed by atoms with E-state index in [1.807, 2.05) is 0 Å². The van der Waals surface area contributed by atoms with Gasteiger partial charge in [-0.15, -0.1) is 0 Å². The highest BCUT2D eigenvalue weighted by atomic mass is 16.5. The number of benzene rings is 1. The van der Waals surface area contributed by atoms with Gasteiger partial charge in [-0.25, -0.2) is 9.78 Å². The summed E-state index contributed by atoms with van der Waals surface area (Å²) in [4.78, 5) is 27.3. The number of hydrogen-bond donors (Lipinski definition) is 2. The second kappa shape index (κ2) is 10.4. The zero-order valence-electron chi connectivity index (χ0n) is 20.8. The number of rotatable bonds is 9. The van der Waals surface area contributed by atoms with Crippen molar-refractivity contribution in [1.82, 2.24) is 19.8 Å². The first-order valence-electron chi connectivity index (χ1n) is 12.5. The van der Waals surface area contributed by atoms with Gasteiger partial charge in [-0.2, -0.15) is 10.2 Å². The van der Waals surface area contributed by atoms with Crippen LogP contribution in [-0.2, 0) is 11.2 Å². The molecule has 2 N–H and O–H groups in total. The van der Waals surface area contributed by atoms with Crippen LogP contribution in [0.1, 0.15) is 30.9 Å². The van der Waals surface area contributed by atoms with Gasteiger partial charge in [0.1, 0.15) is 17.5 Å². The van der Waals surface area contributed by atoms with Gasteiger partial charge in [0.15, 0.2) is 0 Å². The Bertz CT molecular complexity index is 1190. The zero-order valence-corrected chi connectivity index (χ0v) is 20.8. The Hall–Kier alpha value is -3.84. The number of anilines is 4. The number of nitrogens with one attached hydrogen (secondary N) is 2. The third-order valence-electron chi connectivity index (χ3n) is 7.22. The Balaban J connectivity index is 1.23. The highest BCUT2D eigenvalue weighted by molar-refractivity contribution is 5.69. The molecule has 2 aromatic rings. The van der Waals surface area contributed by atoms with Crippen LogP contribution in [0, 0.1) is 11.3 Å². The molecule has 10 heteroatoms. The molecule has 0 spiro atoms. The molecule has 4 heterocycles. The van der Waals surface area contributed by atoms with Crippen LogP contribution in [0.5, 0.6) is 0 Å². The molecule has 1 aromatic carbocycles. The number of nitrogens with zero attached hydrogens (tertiary/aromatic N) is 6. The molecule has 2 saturated heterocycles. The number of aromatic nitrogens is 2. The van der Waals surface area contributed by atoms with Gasteiger partial charge in [0.25, 0.3) is 0 Å². The van der Waals surface area contributed by atoms with E-state index in [1.165, 1.54) is 30.1 Å². The lowest BCUT2D eigenvalue weighted by Gasteiger charge is -2.34. The van der Waals surface area contributed by atoms with Crippen molar-refractivity contribution < 1.29 is 9.53 Å². The molecule has 1 amide bonds. The van der Waals surface area contributed by atoms with Crippen molar-refractivity contribution in [3.63, 3.8) is 0 Å². The molecule has 2 atom stereocenters. The summed E-state index contributed by atoms with van der Waals surface area (Å²) < 4.78 is 4.90. The van der Waals surface area contributed by atoms with Crippen LogP contribution in [0.4, 0.5) is 27.9 Å². The summed E-state index contributed by atoms with van der Waals surface area (Å²) in [5.74, 6) is 0.911. The maximum Gasteiger partial charge on any atom is 0.414 e. The van der Waals surface area contributed by atoms with Gasteiger partial charge in [-0.1, -0.05) is 6.92 Å². The van der Waals surface area contributed by atoms with Gasteiger partial charge < -0.3 is 25.2 Å². The van der Waals surface area contributed by atoms with Crippen LogP contribution in [0.3, 0.4) is 0 Å². The molecule has 0 radical (unpaired) electrons. The van der Waals surface area contributed by atoms with Crippen molar-refractivity contribution in [2.45, 2.75) is 38.3 Å². The highest BCUT2D eigenvalue weighted by Gasteiger charge is 2.41. The van der Waals surface area contributed by atoms with E-state index in [2.05, 4.69) is 68.6 Å². The van der Waals surface area contributed by atoms with Crippen LogP contribution in [-0.4, -0.2) is 77.7 Å². The van der Waals surface area contributed by atoms with Crippen LogP contribution in [0.25, 0.3) is 0 Å². The smallest absolute Gasteiger partial charge is 0.414 e. The van der Waals surface area contributed by atoms with Crippen molar-refractivity contribution >= 4 is 29.2 Å². The Kier molecular flexibility index (Phi) is 6.91. The molecule has 2 bridgehead atoms. The van der Waals surface area contributed by atoms with E-state index in [9.17, 15) is 10.1 Å². The van der Waals surface area contributed by atoms with Gasteiger partial charge in [0, 0.05) is 56.2 Å². The fourth-order valence-electron chi connectivity index (χ4n) is 5.22. The lowest BCUT2D eigenvalue weighted by atomic mass is 10.1. The second-order valence-electron chi connectivity index (χ2n) is 9.50. The number of amides is 1. The Morgan fingerprint density at radius 2 is 2.17 bits per heavy atom. The molecule has 10 nitrogen and oxygen atoms in total. The Morgan fingerprint density at radius 1 is 1.28 bits per heavy atom. The van der Waals surface area contributed by atoms with Crippen LogP contribution in [0.15, 0.2) is 36.7 Å². The molecule has 2 fully saturated rings. The SMILES string of the molecule is CCc1cc(N2C[C@H]3C[C@@H]2CN3C)ccc1Nc1ncc(C#N)c(NCCCN2CC=COC2=O)n1. The number of cyclic esters (lactones) is 1. The van der Waals surface area contributed by atoms with Crippen LogP contribution >= 0.6 is 0 Å². The third-order valence-corrected chi connectivity index (χ3v) is 7.22. The summed E-state index contributed by atoms with van der Waals surface area (Å²) in [5.41, 5.74) is 3.82. The van der Waals surface area contributed by atoms with Crippen molar-refractivity contribution in [3.05, 3.63) is 47.9 Å². The summed E-state index contributed by atoms with van der Waals surface area (Å²) in [7, 11) is 2.22. The predicted octanol–water partition coefficient (Wildman–Crippen LogP) is 3.31. The standard InChI is InChI=1S/C26H32N8O2/c1-3-18-12-20(34-17-21-13-22(34)16-32(21)2)6-7-23(18)30-25-29-15-19(14-27)24(31-25)28-8-4-9-33-10-5-11-36-26(33)35/h5-7,11-12,15,21-22H,3-4,8-10,13,16-17H2,1-2H3,(H2,28,29,30,31)/t21-,22-/m1/s1. The maximum absolute atomic E-state index is 11.7. The summed E-state index contributed by atoms with van der Waals surface area (Å²) >= 11 is 0. The van der Waals surface area contributed by atoms with Crippen molar-refractivity contribution in [3.8, 4) is 6.07 Å². The minimum absolute atomic E-state index is 0.342. The predicted molar refractivity (Wildman–Crippen MR) is 138 cm³/mol. The monoisotopic (exact) mass is 488 g/mol. The number of hydrogen-bond acceptors (Lipinski definition) is 9. The molecular weight excluding hydrogens is 456 g/mol. The summed E-state index contributed by atoms with van der Waals surface area (Å²) in [6, 6.07) is 9.94. The van der Waals surface area contributed by atoms with Gasteiger partial charge in [0.2, 0.25) is 5.95 Å². The molecule has 3 aliphatic heterocycles. The fourth-order valence-corrected chi connectivity index (χ4v) is 5.22. The summed E-state index contributed by atoms with van der Waals surface area (Å²) in [6.07, 6.45) is 7.22. The first-order valence-corrected chi connectivity index (χ1v) is 12.5. The van der Waals surface area contributed by atoms with Crippen LogP contribution < -0.4 is 15.5 Å². The Labute approximate surface area is 211 Å². The van der Waals surface area contributed by atoms with Gasteiger partial charge in [-0.3, -0.25) is 4.90 Å². The van der Waals surface area contributed by atoms with E-state index < -0.39 is 0 Å². The van der Waals surface area contributed by atoms with Gasteiger partial charge in [-0.05, 0) is 56.1 Å². The molecule has 5 rings (SSSR count). The lowest BCUT2D eigenvalue weighted by molar-refractivity contribution is 0.133. The van der Waals surface area contributed by atoms with Crippen molar-refractivity contribution in [2.75, 3.05) is 55.3 Å². The first kappa shape index (κ1) is 23.9.